The van der Waals surface area contributed by atoms with Gasteiger partial charge in [-0.15, -0.1) is 0 Å². The number of piperidine rings is 1. The largest absolute Gasteiger partial charge is 0.493 e. The first kappa shape index (κ1) is 25.1. The highest BCUT2D eigenvalue weighted by atomic mass is 19.1. The molecule has 0 spiro atoms. The van der Waals surface area contributed by atoms with E-state index in [0.29, 0.717) is 57.1 Å². The van der Waals surface area contributed by atoms with Crippen molar-refractivity contribution in [2.24, 2.45) is 5.41 Å². The highest BCUT2D eigenvalue weighted by Gasteiger charge is 2.41. The summed E-state index contributed by atoms with van der Waals surface area (Å²) < 4.78 is 38.7. The topological polar surface area (TPSA) is 59.1 Å². The molecule has 0 N–H and O–H groups in total. The van der Waals surface area contributed by atoms with Crippen molar-refractivity contribution in [1.82, 2.24) is 9.80 Å². The van der Waals surface area contributed by atoms with Crippen molar-refractivity contribution >= 4 is 11.8 Å². The van der Waals surface area contributed by atoms with Gasteiger partial charge in [-0.3, -0.25) is 9.59 Å². The predicted molar refractivity (Wildman–Crippen MR) is 127 cm³/mol. The number of halogens is 2. The molecule has 188 valence electrons. The molecule has 0 aliphatic carbocycles. The maximum atomic E-state index is 14.0. The van der Waals surface area contributed by atoms with Gasteiger partial charge >= 0.3 is 0 Å². The second-order valence-corrected chi connectivity index (χ2v) is 9.42. The van der Waals surface area contributed by atoms with Crippen LogP contribution in [0.2, 0.25) is 0 Å². The minimum Gasteiger partial charge on any atom is -0.493 e. The summed E-state index contributed by atoms with van der Waals surface area (Å²) in [5, 5.41) is 0. The lowest BCUT2D eigenvalue weighted by Crippen LogP contribution is -2.52. The van der Waals surface area contributed by atoms with Gasteiger partial charge in [0.15, 0.2) is 0 Å². The quantitative estimate of drug-likeness (QED) is 0.569. The number of hydrogen-bond acceptors (Lipinski definition) is 4. The normalized spacial score (nSPS) is 20.5. The van der Waals surface area contributed by atoms with E-state index in [1.165, 1.54) is 18.2 Å². The van der Waals surface area contributed by atoms with Gasteiger partial charge in [-0.05, 0) is 55.2 Å². The summed E-state index contributed by atoms with van der Waals surface area (Å²) in [6, 6.07) is 12.3. The molecule has 0 aromatic heterocycles. The van der Waals surface area contributed by atoms with Gasteiger partial charge in [0.2, 0.25) is 11.8 Å². The number of aryl methyl sites for hydroxylation is 1. The van der Waals surface area contributed by atoms with Crippen LogP contribution in [-0.2, 0) is 20.7 Å². The molecule has 0 saturated carbocycles. The summed E-state index contributed by atoms with van der Waals surface area (Å²) in [6.07, 6.45) is 2.27. The van der Waals surface area contributed by atoms with Gasteiger partial charge < -0.3 is 19.3 Å². The summed E-state index contributed by atoms with van der Waals surface area (Å²) in [5.41, 5.74) is -0.0402. The van der Waals surface area contributed by atoms with Gasteiger partial charge in [0, 0.05) is 44.4 Å². The zero-order valence-electron chi connectivity index (χ0n) is 19.9. The van der Waals surface area contributed by atoms with Crippen LogP contribution in [0.25, 0.3) is 0 Å². The van der Waals surface area contributed by atoms with E-state index in [2.05, 4.69) is 0 Å². The minimum atomic E-state index is -0.560. The number of carbonyl (C=O) groups excluding carboxylic acids is 2. The Morgan fingerprint density at radius 3 is 2.43 bits per heavy atom. The third-order valence-electron chi connectivity index (χ3n) is 6.83. The molecule has 1 atom stereocenters. The molecule has 8 heteroatoms. The van der Waals surface area contributed by atoms with Crippen LogP contribution in [0.15, 0.2) is 48.5 Å². The van der Waals surface area contributed by atoms with Crippen LogP contribution in [-0.4, -0.2) is 67.6 Å². The first-order chi connectivity index (χ1) is 16.9. The maximum absolute atomic E-state index is 14.0. The molecule has 6 nitrogen and oxygen atoms in total. The molecule has 2 aromatic rings. The van der Waals surface area contributed by atoms with E-state index in [1.807, 2.05) is 4.90 Å². The van der Waals surface area contributed by atoms with E-state index in [-0.39, 0.29) is 42.9 Å². The number of likely N-dealkylation sites (tertiary alicyclic amines) is 1. The summed E-state index contributed by atoms with van der Waals surface area (Å²) in [6.45, 7) is 3.38. The van der Waals surface area contributed by atoms with Crippen molar-refractivity contribution in [1.29, 1.82) is 0 Å². The van der Waals surface area contributed by atoms with Crippen LogP contribution >= 0.6 is 0 Å². The Bertz CT molecular complexity index is 1010. The van der Waals surface area contributed by atoms with Gasteiger partial charge in [0.1, 0.15) is 17.4 Å². The summed E-state index contributed by atoms with van der Waals surface area (Å²) in [4.78, 5) is 29.8. The number of carbonyl (C=O) groups is 2. The summed E-state index contributed by atoms with van der Waals surface area (Å²) in [5.74, 6) is -0.168. The molecule has 2 aliphatic heterocycles. The molecule has 2 amide bonds. The highest BCUT2D eigenvalue weighted by molar-refractivity contribution is 5.78. The van der Waals surface area contributed by atoms with Gasteiger partial charge in [-0.1, -0.05) is 18.2 Å². The fraction of sp³-hybridized carbons (Fsp3) is 0.481. The molecule has 4 rings (SSSR count). The Labute approximate surface area is 204 Å². The van der Waals surface area contributed by atoms with Crippen LogP contribution < -0.4 is 4.74 Å². The Morgan fingerprint density at radius 1 is 0.943 bits per heavy atom. The van der Waals surface area contributed by atoms with Crippen LogP contribution in [0.3, 0.4) is 0 Å². The van der Waals surface area contributed by atoms with Crippen LogP contribution in [0.5, 0.6) is 5.75 Å². The van der Waals surface area contributed by atoms with Crippen molar-refractivity contribution in [3.05, 3.63) is 65.7 Å². The van der Waals surface area contributed by atoms with Crippen LogP contribution in [0, 0.1) is 17.0 Å². The first-order valence-corrected chi connectivity index (χ1v) is 12.2. The molecule has 2 aromatic carbocycles. The average molecular weight is 487 g/mol. The van der Waals surface area contributed by atoms with E-state index < -0.39 is 5.41 Å². The van der Waals surface area contributed by atoms with Crippen molar-refractivity contribution < 1.29 is 27.8 Å². The zero-order valence-corrected chi connectivity index (χ0v) is 19.9. The molecule has 35 heavy (non-hydrogen) atoms. The monoisotopic (exact) mass is 486 g/mol. The lowest BCUT2D eigenvalue weighted by Gasteiger charge is -2.43. The first-order valence-electron chi connectivity index (χ1n) is 12.2. The molecule has 2 aliphatic rings. The molecule has 2 heterocycles. The molecule has 2 saturated heterocycles. The molecule has 2 fully saturated rings. The molecular formula is C27H32F2N2O4. The molecular weight excluding hydrogens is 454 g/mol. The number of benzene rings is 2. The third-order valence-corrected chi connectivity index (χ3v) is 6.83. The second kappa shape index (κ2) is 11.6. The number of morpholine rings is 1. The SMILES string of the molecule is O=C(C[C@@]1(COc2ccc(F)cc2)CCCN(C(=O)CCc2ccccc2F)C1)N1CCOCC1. The van der Waals surface area contributed by atoms with Crippen molar-refractivity contribution in [3.63, 3.8) is 0 Å². The van der Waals surface area contributed by atoms with Gasteiger partial charge in [0.05, 0.1) is 19.8 Å². The standard InChI is InChI=1S/C27H32F2N2O4/c28-22-7-9-23(10-8-22)35-20-27(18-26(33)30-14-16-34-17-15-30)12-3-13-31(19-27)25(32)11-6-21-4-1-2-5-24(21)29/h1-2,4-5,7-10H,3,6,11-20H2/t27-/m0/s1. The van der Waals surface area contributed by atoms with Gasteiger partial charge in [-0.2, -0.15) is 0 Å². The van der Waals surface area contributed by atoms with E-state index in [4.69, 9.17) is 9.47 Å². The summed E-state index contributed by atoms with van der Waals surface area (Å²) >= 11 is 0. The molecule has 0 radical (unpaired) electrons. The Hall–Kier alpha value is -3.00. The smallest absolute Gasteiger partial charge is 0.223 e. The Morgan fingerprint density at radius 2 is 1.69 bits per heavy atom. The van der Waals surface area contributed by atoms with Crippen molar-refractivity contribution in [2.75, 3.05) is 46.0 Å². The number of hydrogen-bond donors (Lipinski definition) is 0. The van der Waals surface area contributed by atoms with E-state index >= 15 is 0 Å². The van der Waals surface area contributed by atoms with Crippen molar-refractivity contribution in [3.8, 4) is 5.75 Å². The summed E-state index contributed by atoms with van der Waals surface area (Å²) in [7, 11) is 0. The number of nitrogens with zero attached hydrogens (tertiary/aromatic N) is 2. The number of ether oxygens (including phenoxy) is 2. The fourth-order valence-electron chi connectivity index (χ4n) is 4.85. The van der Waals surface area contributed by atoms with Gasteiger partial charge in [0.25, 0.3) is 0 Å². The van der Waals surface area contributed by atoms with E-state index in [9.17, 15) is 18.4 Å². The third kappa shape index (κ3) is 6.78. The lowest BCUT2D eigenvalue weighted by molar-refractivity contribution is -0.143. The predicted octanol–water partition coefficient (Wildman–Crippen LogP) is 3.83. The van der Waals surface area contributed by atoms with Gasteiger partial charge in [-0.25, -0.2) is 8.78 Å². The lowest BCUT2D eigenvalue weighted by atomic mass is 9.77. The van der Waals surface area contributed by atoms with E-state index in [1.54, 1.807) is 35.2 Å². The molecule has 0 bridgehead atoms. The minimum absolute atomic E-state index is 0.0247. The average Bonchev–Trinajstić information content (AvgIpc) is 2.88. The van der Waals surface area contributed by atoms with Crippen molar-refractivity contribution in [2.45, 2.75) is 32.1 Å². The van der Waals surface area contributed by atoms with Crippen LogP contribution in [0.4, 0.5) is 8.78 Å². The zero-order chi connectivity index (χ0) is 24.7. The highest BCUT2D eigenvalue weighted by Crippen LogP contribution is 2.36. The maximum Gasteiger partial charge on any atom is 0.223 e. The Kier molecular flexibility index (Phi) is 8.33. The van der Waals surface area contributed by atoms with E-state index in [0.717, 1.165) is 12.8 Å². The van der Waals surface area contributed by atoms with Crippen LogP contribution in [0.1, 0.15) is 31.2 Å². The second-order valence-electron chi connectivity index (χ2n) is 9.42. The Balaban J connectivity index is 1.45. The fourth-order valence-corrected chi connectivity index (χ4v) is 4.85. The molecule has 0 unspecified atom stereocenters. The number of rotatable bonds is 8. The number of amides is 2.